The summed E-state index contributed by atoms with van der Waals surface area (Å²) in [5.74, 6) is 0.487. The molecule has 1 saturated carbocycles. The van der Waals surface area contributed by atoms with Crippen molar-refractivity contribution in [3.05, 3.63) is 0 Å². The molecule has 1 atom stereocenters. The van der Waals surface area contributed by atoms with Crippen molar-refractivity contribution in [2.75, 3.05) is 19.8 Å². The zero-order valence-electron chi connectivity index (χ0n) is 7.95. The number of hydrogen-bond donors (Lipinski definition) is 1. The Morgan fingerprint density at radius 2 is 2.00 bits per heavy atom. The van der Waals surface area contributed by atoms with Crippen molar-refractivity contribution in [1.82, 2.24) is 0 Å². The van der Waals surface area contributed by atoms with Gasteiger partial charge in [0.25, 0.3) is 0 Å². The smallest absolute Gasteiger partial charge is 0.104 e. The monoisotopic (exact) mass is 186 g/mol. The highest BCUT2D eigenvalue weighted by Crippen LogP contribution is 2.28. The van der Waals surface area contributed by atoms with Crippen LogP contribution in [0.5, 0.6) is 0 Å². The quantitative estimate of drug-likeness (QED) is 0.710. The van der Waals surface area contributed by atoms with Gasteiger partial charge in [-0.15, -0.1) is 0 Å². The molecule has 0 spiro atoms. The van der Waals surface area contributed by atoms with Gasteiger partial charge in [-0.25, -0.2) is 0 Å². The minimum absolute atomic E-state index is 0.246. The van der Waals surface area contributed by atoms with E-state index in [1.165, 1.54) is 25.7 Å². The summed E-state index contributed by atoms with van der Waals surface area (Å²) in [6.45, 7) is 1.91. The second-order valence-corrected chi connectivity index (χ2v) is 4.10. The molecule has 13 heavy (non-hydrogen) atoms. The maximum Gasteiger partial charge on any atom is 0.104 e. The molecule has 1 saturated heterocycles. The lowest BCUT2D eigenvalue weighted by atomic mass is 10.0. The molecular formula is C10H18O3. The van der Waals surface area contributed by atoms with Crippen LogP contribution >= 0.6 is 0 Å². The third-order valence-corrected chi connectivity index (χ3v) is 3.05. The Bertz CT molecular complexity index is 150. The van der Waals surface area contributed by atoms with Crippen molar-refractivity contribution in [2.45, 2.75) is 37.9 Å². The van der Waals surface area contributed by atoms with E-state index in [4.69, 9.17) is 9.47 Å². The van der Waals surface area contributed by atoms with Crippen molar-refractivity contribution in [3.63, 3.8) is 0 Å². The summed E-state index contributed by atoms with van der Waals surface area (Å²) >= 11 is 0. The van der Waals surface area contributed by atoms with Crippen LogP contribution in [0.3, 0.4) is 0 Å². The molecule has 0 aromatic rings. The first-order chi connectivity index (χ1) is 6.36. The van der Waals surface area contributed by atoms with Crippen LogP contribution in [0.25, 0.3) is 0 Å². The van der Waals surface area contributed by atoms with Gasteiger partial charge in [-0.3, -0.25) is 0 Å². The van der Waals surface area contributed by atoms with Gasteiger partial charge in [-0.05, 0) is 18.8 Å². The van der Waals surface area contributed by atoms with E-state index in [1.54, 1.807) is 0 Å². The molecule has 0 amide bonds. The largest absolute Gasteiger partial charge is 0.390 e. The Morgan fingerprint density at radius 1 is 1.31 bits per heavy atom. The van der Waals surface area contributed by atoms with E-state index in [0.29, 0.717) is 25.7 Å². The van der Waals surface area contributed by atoms with Gasteiger partial charge in [0.05, 0.1) is 25.9 Å². The molecule has 1 N–H and O–H groups in total. The minimum Gasteiger partial charge on any atom is -0.390 e. The summed E-state index contributed by atoms with van der Waals surface area (Å²) in [5.41, 5.74) is 0. The Labute approximate surface area is 79.0 Å². The van der Waals surface area contributed by atoms with Crippen molar-refractivity contribution in [2.24, 2.45) is 5.92 Å². The molecule has 0 bridgehead atoms. The first-order valence-corrected chi connectivity index (χ1v) is 5.23. The minimum atomic E-state index is -0.247. The normalized spacial score (nSPS) is 27.5. The van der Waals surface area contributed by atoms with E-state index in [1.807, 2.05) is 0 Å². The van der Waals surface area contributed by atoms with Gasteiger partial charge in [-0.2, -0.15) is 0 Å². The van der Waals surface area contributed by atoms with Gasteiger partial charge in [-0.1, -0.05) is 12.8 Å². The average molecular weight is 186 g/mol. The molecule has 1 aliphatic carbocycles. The highest BCUT2D eigenvalue weighted by Gasteiger charge is 2.26. The molecule has 0 radical (unpaired) electrons. The SMILES string of the molecule is OC(COC1COC1)C1CCCC1. The van der Waals surface area contributed by atoms with Gasteiger partial charge in [0.2, 0.25) is 0 Å². The molecule has 0 aromatic heterocycles. The van der Waals surface area contributed by atoms with E-state index in [0.717, 1.165) is 0 Å². The van der Waals surface area contributed by atoms with Crippen LogP contribution in [0, 0.1) is 5.92 Å². The van der Waals surface area contributed by atoms with Crippen molar-refractivity contribution in [3.8, 4) is 0 Å². The van der Waals surface area contributed by atoms with Gasteiger partial charge < -0.3 is 14.6 Å². The van der Waals surface area contributed by atoms with Crippen LogP contribution in [-0.4, -0.2) is 37.1 Å². The lowest BCUT2D eigenvalue weighted by Gasteiger charge is -2.28. The van der Waals surface area contributed by atoms with E-state index in [2.05, 4.69) is 0 Å². The standard InChI is InChI=1S/C10H18O3/c11-10(8-3-1-2-4-8)7-13-9-5-12-6-9/h8-11H,1-7H2. The first-order valence-electron chi connectivity index (χ1n) is 5.23. The number of ether oxygens (including phenoxy) is 2. The number of aliphatic hydroxyl groups excluding tert-OH is 1. The molecule has 1 heterocycles. The molecule has 3 nitrogen and oxygen atoms in total. The average Bonchev–Trinajstić information content (AvgIpc) is 2.52. The molecule has 2 aliphatic rings. The predicted molar refractivity (Wildman–Crippen MR) is 48.5 cm³/mol. The van der Waals surface area contributed by atoms with Crippen LogP contribution < -0.4 is 0 Å². The Hall–Kier alpha value is -0.120. The van der Waals surface area contributed by atoms with Crippen LogP contribution in [0.2, 0.25) is 0 Å². The molecule has 1 aliphatic heterocycles. The number of hydrogen-bond acceptors (Lipinski definition) is 3. The maximum absolute atomic E-state index is 9.75. The van der Waals surface area contributed by atoms with Crippen LogP contribution in [0.4, 0.5) is 0 Å². The van der Waals surface area contributed by atoms with Crippen molar-refractivity contribution in [1.29, 1.82) is 0 Å². The summed E-state index contributed by atoms with van der Waals surface area (Å²) in [4.78, 5) is 0. The number of rotatable bonds is 4. The fraction of sp³-hybridized carbons (Fsp3) is 1.00. The van der Waals surface area contributed by atoms with Gasteiger partial charge in [0, 0.05) is 0 Å². The third-order valence-electron chi connectivity index (χ3n) is 3.05. The molecular weight excluding hydrogens is 168 g/mol. The summed E-state index contributed by atoms with van der Waals surface area (Å²) in [5, 5.41) is 9.75. The van der Waals surface area contributed by atoms with Crippen molar-refractivity contribution < 1.29 is 14.6 Å². The third kappa shape index (κ3) is 2.42. The highest BCUT2D eigenvalue weighted by molar-refractivity contribution is 4.75. The zero-order chi connectivity index (χ0) is 9.10. The summed E-state index contributed by atoms with van der Waals surface area (Å²) in [6, 6.07) is 0. The zero-order valence-corrected chi connectivity index (χ0v) is 7.95. The molecule has 2 rings (SSSR count). The highest BCUT2D eigenvalue weighted by atomic mass is 16.6. The maximum atomic E-state index is 9.75. The molecule has 0 aromatic carbocycles. The first kappa shape index (κ1) is 9.44. The molecule has 3 heteroatoms. The van der Waals surface area contributed by atoms with E-state index in [-0.39, 0.29) is 12.2 Å². The molecule has 2 fully saturated rings. The molecule has 1 unspecified atom stereocenters. The second kappa shape index (κ2) is 4.40. The van der Waals surface area contributed by atoms with Crippen molar-refractivity contribution >= 4 is 0 Å². The lowest BCUT2D eigenvalue weighted by molar-refractivity contribution is -0.147. The van der Waals surface area contributed by atoms with E-state index in [9.17, 15) is 5.11 Å². The van der Waals surface area contributed by atoms with Gasteiger partial charge in [0.15, 0.2) is 0 Å². The topological polar surface area (TPSA) is 38.7 Å². The van der Waals surface area contributed by atoms with E-state index < -0.39 is 0 Å². The van der Waals surface area contributed by atoms with Crippen LogP contribution in [-0.2, 0) is 9.47 Å². The molecule has 76 valence electrons. The number of aliphatic hydroxyl groups is 1. The predicted octanol–water partition coefficient (Wildman–Crippen LogP) is 0.953. The van der Waals surface area contributed by atoms with Crippen LogP contribution in [0.15, 0.2) is 0 Å². The van der Waals surface area contributed by atoms with Gasteiger partial charge in [0.1, 0.15) is 6.10 Å². The Morgan fingerprint density at radius 3 is 2.54 bits per heavy atom. The Balaban J connectivity index is 1.62. The summed E-state index contributed by atoms with van der Waals surface area (Å²) < 4.78 is 10.5. The summed E-state index contributed by atoms with van der Waals surface area (Å²) in [6.07, 6.45) is 4.89. The second-order valence-electron chi connectivity index (χ2n) is 4.10. The fourth-order valence-electron chi connectivity index (χ4n) is 2.02. The fourth-order valence-corrected chi connectivity index (χ4v) is 2.02. The van der Waals surface area contributed by atoms with Crippen LogP contribution in [0.1, 0.15) is 25.7 Å². The van der Waals surface area contributed by atoms with E-state index >= 15 is 0 Å². The van der Waals surface area contributed by atoms with Gasteiger partial charge >= 0.3 is 0 Å². The Kier molecular flexibility index (Phi) is 3.19. The summed E-state index contributed by atoms with van der Waals surface area (Å²) in [7, 11) is 0. The lowest BCUT2D eigenvalue weighted by Crippen LogP contribution is -2.39.